The minimum absolute atomic E-state index is 0.390. The second-order valence-electron chi connectivity index (χ2n) is 25.1. The Morgan fingerprint density at radius 1 is 0.311 bits per heavy atom. The van der Waals surface area contributed by atoms with Crippen LogP contribution in [0.2, 0.25) is 0 Å². The lowest BCUT2D eigenvalue weighted by atomic mass is 9.60. The molecular formula is C86H62N4. The van der Waals surface area contributed by atoms with Crippen molar-refractivity contribution in [1.82, 2.24) is 8.80 Å². The Balaban J connectivity index is 0.746. The summed E-state index contributed by atoms with van der Waals surface area (Å²) in [7, 11) is 0. The highest BCUT2D eigenvalue weighted by molar-refractivity contribution is 6.26. The number of fused-ring (bicyclic) bond motifs is 12. The zero-order valence-electron chi connectivity index (χ0n) is 49.9. The maximum absolute atomic E-state index is 2.56. The summed E-state index contributed by atoms with van der Waals surface area (Å²) < 4.78 is 5.13. The molecule has 2 aliphatic heterocycles. The summed E-state index contributed by atoms with van der Waals surface area (Å²) in [6.07, 6.45) is 16.5. The number of hydrogen-bond acceptors (Lipinski definition) is 2. The zero-order chi connectivity index (χ0) is 59.1. The Bertz CT molecular complexity index is 5390. The van der Waals surface area contributed by atoms with Crippen molar-refractivity contribution in [3.63, 3.8) is 0 Å². The third kappa shape index (κ3) is 6.96. The molecule has 0 unspecified atom stereocenters. The number of aromatic nitrogens is 2. The molecule has 15 aromatic rings. The van der Waals surface area contributed by atoms with Crippen LogP contribution in [0.3, 0.4) is 0 Å². The highest BCUT2D eigenvalue weighted by atomic mass is 15.2. The van der Waals surface area contributed by atoms with Gasteiger partial charge in [-0.05, 0) is 173 Å². The molecule has 5 heterocycles. The van der Waals surface area contributed by atoms with Gasteiger partial charge in [0.1, 0.15) is 0 Å². The molecule has 0 amide bonds. The Kier molecular flexibility index (Phi) is 11.2. The normalized spacial score (nSPS) is 15.7. The van der Waals surface area contributed by atoms with Gasteiger partial charge in [0, 0.05) is 32.9 Å². The van der Waals surface area contributed by atoms with E-state index in [0.29, 0.717) is 0 Å². The zero-order valence-corrected chi connectivity index (χ0v) is 49.9. The largest absolute Gasteiger partial charge is 0.310 e. The summed E-state index contributed by atoms with van der Waals surface area (Å²) in [5, 5.41) is 5.02. The maximum Gasteiger partial charge on any atom is 0.0789 e. The lowest BCUT2D eigenvalue weighted by Gasteiger charge is -2.48. The van der Waals surface area contributed by atoms with Crippen LogP contribution in [0.1, 0.15) is 71.9 Å². The maximum atomic E-state index is 2.56. The van der Waals surface area contributed by atoms with Gasteiger partial charge in [-0.15, -0.1) is 0 Å². The molecule has 0 fully saturated rings. The van der Waals surface area contributed by atoms with E-state index in [-0.39, 0.29) is 5.41 Å². The SMILES string of the molecule is C1=CC(C2(c3ccccc3)c3ccccc3N(c3ccc(-c4ccc5c6c4c4ccccc4n6c4ccc(-c6ccc(N7c8ccccc8C(C8=CCCCC8)(c8ccccc8)c8ccccc87)cc6)c6c7ccccc7n5c64)cc3)c3ccccc32)=CCC1. The highest BCUT2D eigenvalue weighted by Crippen LogP contribution is 2.61. The third-order valence-electron chi connectivity index (χ3n) is 20.8. The number of allylic oxidation sites excluding steroid dienone is 6. The molecule has 0 bridgehead atoms. The van der Waals surface area contributed by atoms with Crippen LogP contribution < -0.4 is 9.80 Å². The molecule has 3 aromatic heterocycles. The van der Waals surface area contributed by atoms with Gasteiger partial charge in [-0.25, -0.2) is 0 Å². The standard InChI is InChI=1S/C86H62N4/c1-5-25-59(26-6-1)85(60-27-7-2-8-28-60)69-35-15-21-41-75(69)87(76-42-22-16-36-70(76)85)63-49-45-57(46-50-63)65-53-55-79-83-81(65)67-33-13-19-39-73(67)89(83)80-56-54-66(82-68-34-14-20-40-74(68)90(79)84(80)82)58-47-51-64(52-48-58)88-77-43-23-17-37-71(77)86(61-29-9-3-10-30-61,62-31-11-4-12-32-62)72-38-18-24-44-78(72)88/h1,3,5-7,9-10,13-31,33-56H,2,4,8,11-12,32H2. The molecule has 0 atom stereocenters. The third-order valence-corrected chi connectivity index (χ3v) is 20.8. The van der Waals surface area contributed by atoms with Crippen LogP contribution in [0.15, 0.2) is 315 Å². The van der Waals surface area contributed by atoms with Crippen molar-refractivity contribution in [2.24, 2.45) is 0 Å². The average molecular weight is 1150 g/mol. The fourth-order valence-electron chi connectivity index (χ4n) is 17.2. The monoisotopic (exact) mass is 1150 g/mol. The lowest BCUT2D eigenvalue weighted by molar-refractivity contribution is 0.601. The van der Waals surface area contributed by atoms with Crippen molar-refractivity contribution in [3.8, 4) is 22.3 Å². The first-order chi connectivity index (χ1) is 44.7. The second-order valence-corrected chi connectivity index (χ2v) is 25.1. The van der Waals surface area contributed by atoms with Crippen LogP contribution in [0.25, 0.3) is 76.9 Å². The van der Waals surface area contributed by atoms with Crippen LogP contribution in [-0.4, -0.2) is 8.80 Å². The van der Waals surface area contributed by atoms with Gasteiger partial charge in [0.25, 0.3) is 0 Å². The number of hydrogen-bond donors (Lipinski definition) is 0. The molecule has 4 heteroatoms. The molecule has 4 nitrogen and oxygen atoms in total. The molecule has 2 aliphatic carbocycles. The van der Waals surface area contributed by atoms with Gasteiger partial charge in [-0.2, -0.15) is 0 Å². The first-order valence-corrected chi connectivity index (χ1v) is 32.2. The molecule has 0 spiro atoms. The fraction of sp³-hybridized carbons (Fsp3) is 0.0930. The molecule has 0 radical (unpaired) electrons. The smallest absolute Gasteiger partial charge is 0.0789 e. The second kappa shape index (κ2) is 19.8. The van der Waals surface area contributed by atoms with E-state index in [4.69, 9.17) is 0 Å². The van der Waals surface area contributed by atoms with Gasteiger partial charge in [0.2, 0.25) is 0 Å². The highest BCUT2D eigenvalue weighted by Gasteiger charge is 2.49. The first kappa shape index (κ1) is 51.1. The van der Waals surface area contributed by atoms with Gasteiger partial charge in [-0.1, -0.05) is 236 Å². The van der Waals surface area contributed by atoms with Gasteiger partial charge in [-0.3, -0.25) is 0 Å². The lowest BCUT2D eigenvalue weighted by Crippen LogP contribution is -2.38. The van der Waals surface area contributed by atoms with Crippen molar-refractivity contribution in [1.29, 1.82) is 0 Å². The van der Waals surface area contributed by atoms with Crippen LogP contribution >= 0.6 is 0 Å². The van der Waals surface area contributed by atoms with E-state index in [1.165, 1.54) is 157 Å². The first-order valence-electron chi connectivity index (χ1n) is 32.2. The molecule has 4 aliphatic rings. The van der Waals surface area contributed by atoms with E-state index < -0.39 is 5.41 Å². The summed E-state index contributed by atoms with van der Waals surface area (Å²) >= 11 is 0. The van der Waals surface area contributed by atoms with Crippen molar-refractivity contribution in [2.75, 3.05) is 9.80 Å². The molecular weight excluding hydrogens is 1090 g/mol. The molecule has 426 valence electrons. The predicted molar refractivity (Wildman–Crippen MR) is 375 cm³/mol. The minimum Gasteiger partial charge on any atom is -0.310 e. The molecule has 90 heavy (non-hydrogen) atoms. The number of anilines is 6. The quantitative estimate of drug-likeness (QED) is 0.111. The van der Waals surface area contributed by atoms with Crippen LogP contribution in [-0.2, 0) is 10.8 Å². The average Bonchev–Trinajstić information content (AvgIpc) is 1.44. The van der Waals surface area contributed by atoms with E-state index in [1.54, 1.807) is 0 Å². The summed E-state index contributed by atoms with van der Waals surface area (Å²) in [5.41, 5.74) is 29.1. The van der Waals surface area contributed by atoms with Crippen molar-refractivity contribution < 1.29 is 0 Å². The van der Waals surface area contributed by atoms with Crippen LogP contribution in [0.4, 0.5) is 34.1 Å². The van der Waals surface area contributed by atoms with Crippen molar-refractivity contribution >= 4 is 88.8 Å². The summed E-state index contributed by atoms with van der Waals surface area (Å²) in [5.74, 6) is 0. The van der Waals surface area contributed by atoms with E-state index in [9.17, 15) is 0 Å². The summed E-state index contributed by atoms with van der Waals surface area (Å²) in [4.78, 5) is 5.01. The molecule has 0 saturated heterocycles. The Morgan fingerprint density at radius 3 is 1.18 bits per heavy atom. The Labute approximate surface area is 523 Å². The van der Waals surface area contributed by atoms with Gasteiger partial charge >= 0.3 is 0 Å². The molecule has 0 N–H and O–H groups in total. The molecule has 19 rings (SSSR count). The van der Waals surface area contributed by atoms with Crippen LogP contribution in [0.5, 0.6) is 0 Å². The number of rotatable bonds is 8. The fourth-order valence-corrected chi connectivity index (χ4v) is 17.2. The topological polar surface area (TPSA) is 15.3 Å². The molecule has 0 saturated carbocycles. The van der Waals surface area contributed by atoms with Gasteiger partial charge < -0.3 is 18.6 Å². The van der Waals surface area contributed by atoms with Crippen molar-refractivity contribution in [3.05, 3.63) is 348 Å². The number of benzene rings is 12. The van der Waals surface area contributed by atoms with E-state index in [1.807, 2.05) is 0 Å². The van der Waals surface area contributed by atoms with Gasteiger partial charge in [0.15, 0.2) is 0 Å². The molecule has 12 aromatic carbocycles. The minimum atomic E-state index is -0.475. The Hall–Kier alpha value is -10.9. The van der Waals surface area contributed by atoms with Crippen molar-refractivity contribution in [2.45, 2.75) is 49.4 Å². The van der Waals surface area contributed by atoms with Gasteiger partial charge in [0.05, 0.1) is 66.7 Å². The van der Waals surface area contributed by atoms with Crippen LogP contribution in [0, 0.1) is 0 Å². The summed E-state index contributed by atoms with van der Waals surface area (Å²) in [6.45, 7) is 0. The predicted octanol–water partition coefficient (Wildman–Crippen LogP) is 22.6. The Morgan fingerprint density at radius 2 is 0.733 bits per heavy atom. The van der Waals surface area contributed by atoms with E-state index in [0.717, 1.165) is 37.1 Å². The number of para-hydroxylation sites is 6. The number of nitrogens with zero attached hydrogens (tertiary/aromatic N) is 4. The van der Waals surface area contributed by atoms with E-state index >= 15 is 0 Å². The van der Waals surface area contributed by atoms with E-state index in [2.05, 4.69) is 322 Å². The summed E-state index contributed by atoms with van der Waals surface area (Å²) in [6, 6.07) is 105.